The van der Waals surface area contributed by atoms with Gasteiger partial charge in [0.15, 0.2) is 0 Å². The van der Waals surface area contributed by atoms with Crippen molar-refractivity contribution >= 4 is 12.1 Å². The summed E-state index contributed by atoms with van der Waals surface area (Å²) < 4.78 is 9.05. The smallest absolute Gasteiger partial charge is 0.429 e. The summed E-state index contributed by atoms with van der Waals surface area (Å²) in [6.45, 7) is 4.72. The van der Waals surface area contributed by atoms with Gasteiger partial charge in [-0.2, -0.15) is 11.0 Å². The summed E-state index contributed by atoms with van der Waals surface area (Å²) in [7, 11) is 0. The zero-order valence-corrected chi connectivity index (χ0v) is 7.70. The quantitative estimate of drug-likeness (QED) is 0.225. The van der Waals surface area contributed by atoms with E-state index in [9.17, 15) is 9.59 Å². The topological polar surface area (TPSA) is 101 Å². The number of esters is 1. The van der Waals surface area contributed by atoms with Gasteiger partial charge in [-0.25, -0.2) is 9.59 Å². The summed E-state index contributed by atoms with van der Waals surface area (Å²) in [5.41, 5.74) is 8.26. The van der Waals surface area contributed by atoms with Crippen LogP contribution in [-0.4, -0.2) is 25.3 Å². The Morgan fingerprint density at radius 2 is 2.00 bits per heavy atom. The number of rotatable bonds is 5. The van der Waals surface area contributed by atoms with Crippen LogP contribution in [0.5, 0.6) is 0 Å². The molecule has 0 aliphatic rings. The Labute approximate surface area is 80.5 Å². The fraction of sp³-hybridized carbons (Fsp3) is 0.429. The second kappa shape index (κ2) is 6.58. The van der Waals surface area contributed by atoms with Crippen molar-refractivity contribution < 1.29 is 19.1 Å². The van der Waals surface area contributed by atoms with E-state index in [-0.39, 0.29) is 18.8 Å². The molecule has 0 aliphatic heterocycles. The van der Waals surface area contributed by atoms with Gasteiger partial charge in [0, 0.05) is 5.57 Å². The zero-order chi connectivity index (χ0) is 11.0. The number of nitrogens with one attached hydrogen (secondary N) is 2. The second-order valence-corrected chi connectivity index (χ2v) is 2.28. The minimum Gasteiger partial charge on any atom is -0.459 e. The molecule has 0 fully saturated rings. The molecule has 0 aliphatic carbocycles. The van der Waals surface area contributed by atoms with Gasteiger partial charge in [0.25, 0.3) is 0 Å². The number of carbonyl (C=O) groups is 2. The van der Waals surface area contributed by atoms with Crippen molar-refractivity contribution in [1.29, 1.82) is 5.53 Å². The normalized spacial score (nSPS) is 8.64. The standard InChI is InChI=1S/C7H11N3O4/c1-5(2)6(11)13-3-4-14-7(12)9-10-8/h1,3-4H2,2H3,(H2,8,9,12). The Hall–Kier alpha value is -1.92. The molecule has 1 amide bonds. The predicted octanol–water partition coefficient (Wildman–Crippen LogP) is 0.778. The Morgan fingerprint density at radius 1 is 1.43 bits per heavy atom. The monoisotopic (exact) mass is 201 g/mol. The van der Waals surface area contributed by atoms with Crippen molar-refractivity contribution in [2.45, 2.75) is 6.92 Å². The molecule has 0 saturated carbocycles. The summed E-state index contributed by atoms with van der Waals surface area (Å²) in [4.78, 5) is 21.3. The maximum Gasteiger partial charge on any atom is 0.429 e. The third kappa shape index (κ3) is 5.70. The van der Waals surface area contributed by atoms with Crippen molar-refractivity contribution in [3.63, 3.8) is 0 Å². The van der Waals surface area contributed by atoms with Crippen molar-refractivity contribution in [1.82, 2.24) is 5.43 Å². The number of carbonyl (C=O) groups excluding carboxylic acids is 2. The van der Waals surface area contributed by atoms with E-state index in [0.717, 1.165) is 0 Å². The van der Waals surface area contributed by atoms with Gasteiger partial charge in [-0.15, -0.1) is 0 Å². The molecule has 0 aromatic heterocycles. The lowest BCUT2D eigenvalue weighted by Crippen LogP contribution is -2.21. The van der Waals surface area contributed by atoms with E-state index < -0.39 is 12.1 Å². The van der Waals surface area contributed by atoms with E-state index in [1.165, 1.54) is 6.92 Å². The molecular formula is C7H11N3O4. The van der Waals surface area contributed by atoms with Crippen LogP contribution in [0, 0.1) is 5.53 Å². The largest absolute Gasteiger partial charge is 0.459 e. The van der Waals surface area contributed by atoms with Crippen LogP contribution in [0.3, 0.4) is 0 Å². The highest BCUT2D eigenvalue weighted by Gasteiger charge is 2.04. The highest BCUT2D eigenvalue weighted by atomic mass is 16.6. The van der Waals surface area contributed by atoms with Crippen LogP contribution in [0.15, 0.2) is 17.4 Å². The van der Waals surface area contributed by atoms with Gasteiger partial charge < -0.3 is 9.47 Å². The van der Waals surface area contributed by atoms with Gasteiger partial charge in [0.1, 0.15) is 13.2 Å². The number of hydrogen-bond donors (Lipinski definition) is 2. The van der Waals surface area contributed by atoms with Crippen LogP contribution in [-0.2, 0) is 14.3 Å². The molecule has 7 heteroatoms. The molecule has 2 N–H and O–H groups in total. The van der Waals surface area contributed by atoms with Crippen molar-refractivity contribution in [2.24, 2.45) is 5.22 Å². The summed E-state index contributed by atoms with van der Waals surface area (Å²) in [6.07, 6.45) is -0.869. The summed E-state index contributed by atoms with van der Waals surface area (Å²) >= 11 is 0. The molecule has 0 aromatic carbocycles. The molecular weight excluding hydrogens is 190 g/mol. The van der Waals surface area contributed by atoms with E-state index in [2.05, 4.69) is 21.3 Å². The molecule has 7 nitrogen and oxygen atoms in total. The van der Waals surface area contributed by atoms with Crippen LogP contribution in [0.25, 0.3) is 0 Å². The van der Waals surface area contributed by atoms with Crippen molar-refractivity contribution in [3.05, 3.63) is 12.2 Å². The number of nitrogens with zero attached hydrogens (tertiary/aromatic N) is 1. The molecule has 0 spiro atoms. The molecule has 0 saturated heterocycles. The third-order valence-electron chi connectivity index (χ3n) is 1.05. The Bertz CT molecular complexity index is 251. The van der Waals surface area contributed by atoms with Crippen LogP contribution in [0.2, 0.25) is 0 Å². The molecule has 0 radical (unpaired) electrons. The van der Waals surface area contributed by atoms with E-state index in [1.807, 2.05) is 0 Å². The fourth-order valence-corrected chi connectivity index (χ4v) is 0.470. The van der Waals surface area contributed by atoms with Gasteiger partial charge in [-0.05, 0) is 6.92 Å². The van der Waals surface area contributed by atoms with E-state index >= 15 is 0 Å². The van der Waals surface area contributed by atoms with Crippen LogP contribution < -0.4 is 5.43 Å². The fourth-order valence-electron chi connectivity index (χ4n) is 0.470. The second-order valence-electron chi connectivity index (χ2n) is 2.28. The first-order valence-electron chi connectivity index (χ1n) is 3.69. The Morgan fingerprint density at radius 3 is 2.50 bits per heavy atom. The van der Waals surface area contributed by atoms with Crippen LogP contribution in [0.1, 0.15) is 6.92 Å². The van der Waals surface area contributed by atoms with E-state index in [0.29, 0.717) is 0 Å². The summed E-state index contributed by atoms with van der Waals surface area (Å²) in [5, 5.41) is 2.58. The number of amides is 1. The third-order valence-corrected chi connectivity index (χ3v) is 1.05. The lowest BCUT2D eigenvalue weighted by molar-refractivity contribution is -0.139. The van der Waals surface area contributed by atoms with Gasteiger partial charge in [0.05, 0.1) is 0 Å². The van der Waals surface area contributed by atoms with E-state index in [1.54, 1.807) is 5.43 Å². The molecule has 0 aromatic rings. The molecule has 14 heavy (non-hydrogen) atoms. The molecule has 0 unspecified atom stereocenters. The molecule has 0 rings (SSSR count). The molecule has 0 atom stereocenters. The first kappa shape index (κ1) is 12.1. The van der Waals surface area contributed by atoms with Gasteiger partial charge in [-0.1, -0.05) is 11.8 Å². The van der Waals surface area contributed by atoms with Crippen LogP contribution in [0.4, 0.5) is 4.79 Å². The maximum atomic E-state index is 10.8. The van der Waals surface area contributed by atoms with Gasteiger partial charge in [-0.3, -0.25) is 0 Å². The maximum absolute atomic E-state index is 10.8. The van der Waals surface area contributed by atoms with Gasteiger partial charge in [0.2, 0.25) is 0 Å². The summed E-state index contributed by atoms with van der Waals surface area (Å²) in [5.74, 6) is -0.542. The highest BCUT2D eigenvalue weighted by molar-refractivity contribution is 5.86. The molecule has 0 heterocycles. The lowest BCUT2D eigenvalue weighted by Gasteiger charge is -2.04. The van der Waals surface area contributed by atoms with Crippen LogP contribution >= 0.6 is 0 Å². The van der Waals surface area contributed by atoms with E-state index in [4.69, 9.17) is 5.53 Å². The number of hydrogen-bond acceptors (Lipinski definition) is 6. The predicted molar refractivity (Wildman–Crippen MR) is 45.4 cm³/mol. The average molecular weight is 201 g/mol. The molecule has 78 valence electrons. The minimum atomic E-state index is -0.869. The Balaban J connectivity index is 3.47. The first-order valence-corrected chi connectivity index (χ1v) is 3.69. The average Bonchev–Trinajstić information content (AvgIpc) is 2.12. The lowest BCUT2D eigenvalue weighted by atomic mass is 10.4. The highest BCUT2D eigenvalue weighted by Crippen LogP contribution is 1.91. The SMILES string of the molecule is C=C(C)C(=O)OCCOC(=O)NN=N. The molecule has 0 bridgehead atoms. The van der Waals surface area contributed by atoms with Gasteiger partial charge >= 0.3 is 12.1 Å². The van der Waals surface area contributed by atoms with Crippen molar-refractivity contribution in [3.8, 4) is 0 Å². The van der Waals surface area contributed by atoms with Crippen molar-refractivity contribution in [2.75, 3.05) is 13.2 Å². The number of ether oxygens (including phenoxy) is 2. The zero-order valence-electron chi connectivity index (χ0n) is 7.70. The minimum absolute atomic E-state index is 0.0584. The Kier molecular flexibility index (Phi) is 5.68. The first-order chi connectivity index (χ1) is 6.57. The summed E-state index contributed by atoms with van der Waals surface area (Å²) in [6, 6.07) is 0.